The van der Waals surface area contributed by atoms with Gasteiger partial charge in [0, 0.05) is 32.4 Å². The molecule has 3 heterocycles. The van der Waals surface area contributed by atoms with Crippen LogP contribution < -0.4 is 0 Å². The van der Waals surface area contributed by atoms with Crippen LogP contribution in [0.15, 0.2) is 72.9 Å². The second kappa shape index (κ2) is 8.45. The zero-order valence-corrected chi connectivity index (χ0v) is 17.6. The molecule has 0 N–H and O–H groups in total. The molecule has 0 unspecified atom stereocenters. The summed E-state index contributed by atoms with van der Waals surface area (Å²) >= 11 is 6.05. The Hall–Kier alpha value is -3.29. The van der Waals surface area contributed by atoms with E-state index >= 15 is 0 Å². The number of hydrogen-bond donors (Lipinski definition) is 0. The third-order valence-electron chi connectivity index (χ3n) is 5.63. The first-order valence-corrected chi connectivity index (χ1v) is 10.6. The Bertz CT molecular complexity index is 1150. The molecule has 1 aliphatic heterocycles. The highest BCUT2D eigenvalue weighted by molar-refractivity contribution is 6.31. The van der Waals surface area contributed by atoms with Crippen molar-refractivity contribution < 1.29 is 4.79 Å². The normalized spacial score (nSPS) is 15.0. The number of rotatable bonds is 3. The van der Waals surface area contributed by atoms with Crippen LogP contribution in [0.3, 0.4) is 0 Å². The van der Waals surface area contributed by atoms with Gasteiger partial charge in [0.2, 0.25) is 5.65 Å². The van der Waals surface area contributed by atoms with Crippen LogP contribution in [-0.2, 0) is 0 Å². The molecular weight excluding hydrogens is 412 g/mol. The average Bonchev–Trinajstić information content (AvgIpc) is 3.24. The summed E-state index contributed by atoms with van der Waals surface area (Å²) in [5, 5.41) is 8.43. The van der Waals surface area contributed by atoms with Crippen molar-refractivity contribution >= 4 is 28.8 Å². The van der Waals surface area contributed by atoms with Crippen molar-refractivity contribution in [2.24, 2.45) is 0 Å². The molecule has 7 nitrogen and oxygen atoms in total. The minimum Gasteiger partial charge on any atom is -0.320 e. The van der Waals surface area contributed by atoms with Gasteiger partial charge in [-0.3, -0.25) is 4.90 Å². The monoisotopic (exact) mass is 432 g/mol. The lowest BCUT2D eigenvalue weighted by molar-refractivity contribution is 0.120. The fourth-order valence-corrected chi connectivity index (χ4v) is 4.27. The lowest BCUT2D eigenvalue weighted by atomic mass is 9.96. The molecule has 0 saturated carbocycles. The molecule has 1 fully saturated rings. The summed E-state index contributed by atoms with van der Waals surface area (Å²) < 4.78 is 1.29. The summed E-state index contributed by atoms with van der Waals surface area (Å²) in [6.45, 7) is 2.71. The average molecular weight is 433 g/mol. The van der Waals surface area contributed by atoms with Gasteiger partial charge in [-0.2, -0.15) is 4.68 Å². The van der Waals surface area contributed by atoms with Crippen molar-refractivity contribution in [1.29, 1.82) is 0 Å². The number of benzene rings is 2. The molecule has 156 valence electrons. The summed E-state index contributed by atoms with van der Waals surface area (Å²) in [5.74, 6) is 0. The quantitative estimate of drug-likeness (QED) is 0.492. The molecule has 0 atom stereocenters. The number of hydrogen-bond acceptors (Lipinski definition) is 5. The number of aromatic nitrogens is 4. The van der Waals surface area contributed by atoms with Crippen LogP contribution in [0.5, 0.6) is 0 Å². The topological polar surface area (TPSA) is 67.2 Å². The number of fused-ring (bicyclic) bond motifs is 1. The number of amides is 1. The van der Waals surface area contributed by atoms with Gasteiger partial charge in [-0.25, -0.2) is 9.78 Å². The Balaban J connectivity index is 1.36. The van der Waals surface area contributed by atoms with Crippen molar-refractivity contribution in [3.8, 4) is 0 Å². The Kier molecular flexibility index (Phi) is 5.36. The van der Waals surface area contributed by atoms with Crippen LogP contribution in [0.1, 0.15) is 17.2 Å². The zero-order valence-electron chi connectivity index (χ0n) is 16.8. The highest BCUT2D eigenvalue weighted by atomic mass is 35.5. The number of nitrogens with zero attached hydrogens (tertiary/aromatic N) is 6. The second-order valence-corrected chi connectivity index (χ2v) is 7.96. The van der Waals surface area contributed by atoms with E-state index in [-0.39, 0.29) is 12.1 Å². The third kappa shape index (κ3) is 3.89. The summed E-state index contributed by atoms with van der Waals surface area (Å²) in [6, 6.07) is 22.6. The molecule has 0 radical (unpaired) electrons. The summed E-state index contributed by atoms with van der Waals surface area (Å²) in [4.78, 5) is 21.5. The summed E-state index contributed by atoms with van der Waals surface area (Å²) in [7, 11) is 0. The van der Waals surface area contributed by atoms with E-state index < -0.39 is 0 Å². The van der Waals surface area contributed by atoms with E-state index in [4.69, 9.17) is 11.6 Å². The predicted molar refractivity (Wildman–Crippen MR) is 119 cm³/mol. The Labute approximate surface area is 184 Å². The predicted octanol–water partition coefficient (Wildman–Crippen LogP) is 3.86. The van der Waals surface area contributed by atoms with Gasteiger partial charge in [0.25, 0.3) is 0 Å². The SMILES string of the molecule is O=C(N1CCN(C(c2ccccc2)c2ccccc2)CC1)n1nnc2ncc(Cl)cc21. The van der Waals surface area contributed by atoms with E-state index in [9.17, 15) is 4.79 Å². The summed E-state index contributed by atoms with van der Waals surface area (Å²) in [5.41, 5.74) is 3.42. The minimum absolute atomic E-state index is 0.148. The molecule has 2 aromatic heterocycles. The van der Waals surface area contributed by atoms with E-state index in [0.717, 1.165) is 13.1 Å². The highest BCUT2D eigenvalue weighted by Crippen LogP contribution is 2.29. The fourth-order valence-electron chi connectivity index (χ4n) is 4.12. The van der Waals surface area contributed by atoms with Gasteiger partial charge in [-0.05, 0) is 17.2 Å². The smallest absolute Gasteiger partial charge is 0.320 e. The fraction of sp³-hybridized carbons (Fsp3) is 0.217. The Morgan fingerprint density at radius 2 is 1.52 bits per heavy atom. The molecular formula is C23H21ClN6O. The molecule has 8 heteroatoms. The van der Waals surface area contributed by atoms with E-state index in [1.165, 1.54) is 22.0 Å². The lowest BCUT2D eigenvalue weighted by Gasteiger charge is -2.39. The maximum absolute atomic E-state index is 13.1. The number of pyridine rings is 1. The molecule has 31 heavy (non-hydrogen) atoms. The first kappa shape index (κ1) is 19.7. The molecule has 1 saturated heterocycles. The van der Waals surface area contributed by atoms with Crippen LogP contribution in [0, 0.1) is 0 Å². The second-order valence-electron chi connectivity index (χ2n) is 7.53. The lowest BCUT2D eigenvalue weighted by Crippen LogP contribution is -2.51. The van der Waals surface area contributed by atoms with E-state index in [1.807, 2.05) is 12.1 Å². The first-order valence-electron chi connectivity index (χ1n) is 10.2. The standard InChI is InChI=1S/C23H21ClN6O/c24-19-15-20-22(25-16-19)26-27-30(20)23(31)29-13-11-28(12-14-29)21(17-7-3-1-4-8-17)18-9-5-2-6-10-18/h1-10,15-16,21H,11-14H2. The maximum Gasteiger partial charge on any atom is 0.346 e. The van der Waals surface area contributed by atoms with Crippen LogP contribution in [0.25, 0.3) is 11.2 Å². The minimum atomic E-state index is -0.206. The van der Waals surface area contributed by atoms with Gasteiger partial charge < -0.3 is 4.90 Å². The third-order valence-corrected chi connectivity index (χ3v) is 5.84. The van der Waals surface area contributed by atoms with Crippen molar-refractivity contribution in [3.05, 3.63) is 89.1 Å². The molecule has 0 spiro atoms. The molecule has 1 amide bonds. The zero-order chi connectivity index (χ0) is 21.2. The van der Waals surface area contributed by atoms with Crippen LogP contribution in [0.2, 0.25) is 5.02 Å². The maximum atomic E-state index is 13.1. The number of carbonyl (C=O) groups excluding carboxylic acids is 1. The molecule has 0 aliphatic carbocycles. The van der Waals surface area contributed by atoms with Gasteiger partial charge in [0.1, 0.15) is 5.52 Å². The number of piperazine rings is 1. The molecule has 5 rings (SSSR count). The van der Waals surface area contributed by atoms with E-state index in [2.05, 4.69) is 68.7 Å². The van der Waals surface area contributed by atoms with Gasteiger partial charge in [-0.1, -0.05) is 77.5 Å². The van der Waals surface area contributed by atoms with Crippen molar-refractivity contribution in [2.45, 2.75) is 6.04 Å². The molecule has 2 aromatic carbocycles. The van der Waals surface area contributed by atoms with Crippen molar-refractivity contribution in [3.63, 3.8) is 0 Å². The molecule has 0 bridgehead atoms. The molecule has 1 aliphatic rings. The molecule has 4 aromatic rings. The largest absolute Gasteiger partial charge is 0.346 e. The van der Waals surface area contributed by atoms with Crippen LogP contribution in [-0.4, -0.2) is 62.0 Å². The Morgan fingerprint density at radius 3 is 2.13 bits per heavy atom. The first-order chi connectivity index (χ1) is 15.2. The summed E-state index contributed by atoms with van der Waals surface area (Å²) in [6.07, 6.45) is 1.50. The van der Waals surface area contributed by atoms with Crippen LogP contribution in [0.4, 0.5) is 4.79 Å². The van der Waals surface area contributed by atoms with Crippen molar-refractivity contribution in [2.75, 3.05) is 26.2 Å². The number of carbonyl (C=O) groups is 1. The van der Waals surface area contributed by atoms with Crippen LogP contribution >= 0.6 is 11.6 Å². The van der Waals surface area contributed by atoms with Crippen molar-refractivity contribution in [1.82, 2.24) is 29.8 Å². The van der Waals surface area contributed by atoms with Gasteiger partial charge >= 0.3 is 6.03 Å². The highest BCUT2D eigenvalue weighted by Gasteiger charge is 2.29. The van der Waals surface area contributed by atoms with E-state index in [0.29, 0.717) is 29.3 Å². The number of halogens is 1. The van der Waals surface area contributed by atoms with Gasteiger partial charge in [-0.15, -0.1) is 5.10 Å². The van der Waals surface area contributed by atoms with Gasteiger partial charge in [0.05, 0.1) is 11.1 Å². The Morgan fingerprint density at radius 1 is 0.903 bits per heavy atom. The van der Waals surface area contributed by atoms with E-state index in [1.54, 1.807) is 11.0 Å². The van der Waals surface area contributed by atoms with Gasteiger partial charge in [0.15, 0.2) is 0 Å².